The third-order valence-electron chi connectivity index (χ3n) is 15.4. The number of thiophene rings is 1. The number of para-hydroxylation sites is 3. The highest BCUT2D eigenvalue weighted by atomic mass is 32.1. The molecule has 16 rings (SSSR count). The van der Waals surface area contributed by atoms with Gasteiger partial charge in [0.15, 0.2) is 0 Å². The predicted molar refractivity (Wildman–Crippen MR) is 310 cm³/mol. The van der Waals surface area contributed by atoms with E-state index in [1.54, 1.807) is 11.3 Å². The molecule has 0 aliphatic heterocycles. The number of fused-ring (bicyclic) bond motifs is 14. The Balaban J connectivity index is 1.24. The molecule has 16 aromatic rings. The minimum atomic E-state index is 0.537. The van der Waals surface area contributed by atoms with Crippen LogP contribution in [0.25, 0.3) is 152 Å². The smallest absolute Gasteiger partial charge is 0.102 e. The van der Waals surface area contributed by atoms with Gasteiger partial charge in [0, 0.05) is 108 Å². The lowest BCUT2D eigenvalue weighted by molar-refractivity contribution is 1.13. The van der Waals surface area contributed by atoms with Crippen LogP contribution < -0.4 is 0 Å². The van der Waals surface area contributed by atoms with Gasteiger partial charge in [-0.15, -0.1) is 11.3 Å². The van der Waals surface area contributed by atoms with Crippen LogP contribution in [0.5, 0.6) is 0 Å². The number of nitriles is 1. The van der Waals surface area contributed by atoms with Crippen LogP contribution in [0.15, 0.2) is 225 Å². The molecule has 9 aromatic carbocycles. The van der Waals surface area contributed by atoms with Crippen LogP contribution in [-0.2, 0) is 0 Å². The van der Waals surface area contributed by atoms with Crippen LogP contribution >= 0.6 is 11.3 Å². The Kier molecular flexibility index (Phi) is 8.84. The van der Waals surface area contributed by atoms with Gasteiger partial charge in [0.05, 0.1) is 49.2 Å². The Hall–Kier alpha value is -10.1. The quantitative estimate of drug-likeness (QED) is 0.127. The van der Waals surface area contributed by atoms with Crippen LogP contribution in [0, 0.1) is 11.3 Å². The van der Waals surface area contributed by atoms with E-state index in [9.17, 15) is 5.26 Å². The van der Waals surface area contributed by atoms with Gasteiger partial charge in [0.2, 0.25) is 0 Å². The maximum absolute atomic E-state index is 12.7. The van der Waals surface area contributed by atoms with E-state index >= 15 is 0 Å². The maximum atomic E-state index is 12.7. The van der Waals surface area contributed by atoms with E-state index in [-0.39, 0.29) is 0 Å². The molecule has 0 unspecified atom stereocenters. The molecule has 0 spiro atoms. The number of hydrogen-bond acceptors (Lipinski definition) is 6. The number of rotatable bonds is 5. The van der Waals surface area contributed by atoms with Gasteiger partial charge in [-0.3, -0.25) is 19.9 Å². The molecule has 0 amide bonds. The van der Waals surface area contributed by atoms with Crippen molar-refractivity contribution >= 4 is 118 Å². The molecule has 0 saturated carbocycles. The first-order valence-corrected chi connectivity index (χ1v) is 25.8. The monoisotopic (exact) mass is 971 g/mol. The zero-order chi connectivity index (χ0) is 49.3. The fourth-order valence-electron chi connectivity index (χ4n) is 12.3. The third-order valence-corrected chi connectivity index (χ3v) is 16.6. The fourth-order valence-corrected chi connectivity index (χ4v) is 13.4. The summed E-state index contributed by atoms with van der Waals surface area (Å²) < 4.78 is 6.97. The zero-order valence-electron chi connectivity index (χ0n) is 39.9. The van der Waals surface area contributed by atoms with E-state index in [1.807, 2.05) is 49.4 Å². The molecular weight excluding hydrogens is 935 g/mol. The van der Waals surface area contributed by atoms with Crippen molar-refractivity contribution in [2.45, 2.75) is 0 Å². The van der Waals surface area contributed by atoms with Crippen molar-refractivity contribution in [2.75, 3.05) is 0 Å². The zero-order valence-corrected chi connectivity index (χ0v) is 40.7. The molecule has 0 aliphatic carbocycles. The second kappa shape index (κ2) is 16.0. The van der Waals surface area contributed by atoms with Gasteiger partial charge in [-0.25, -0.2) is 0 Å². The lowest BCUT2D eigenvalue weighted by atomic mass is 9.81. The van der Waals surface area contributed by atoms with E-state index in [0.717, 1.165) is 146 Å². The molecule has 0 radical (unpaired) electrons. The summed E-state index contributed by atoms with van der Waals surface area (Å²) >= 11 is 1.72. The first-order chi connectivity index (χ1) is 37.2. The van der Waals surface area contributed by atoms with Gasteiger partial charge in [-0.1, -0.05) is 109 Å². The summed E-state index contributed by atoms with van der Waals surface area (Å²) in [6.07, 6.45) is 13.3. The first-order valence-electron chi connectivity index (χ1n) is 25.0. The minimum Gasteiger partial charge on any atom is -0.308 e. The highest BCUT2D eigenvalue weighted by molar-refractivity contribution is 7.26. The molecular formula is C67H37N7S. The van der Waals surface area contributed by atoms with Crippen molar-refractivity contribution in [1.82, 2.24) is 29.1 Å². The number of hydrogen-bond donors (Lipinski definition) is 0. The SMILES string of the molecule is N#Cc1c(-c2cccc3c2sc2cnccc23)c(-c2ccc3cc4ccccc4cc3c2)c(-n2c3ccccc3c3ccccc32)c(-c2cc3ccncc3c3cnccc23)c1-n1c2ccccc2c2ncccc21. The summed E-state index contributed by atoms with van der Waals surface area (Å²) in [4.78, 5) is 19.1. The molecule has 7 nitrogen and oxygen atoms in total. The van der Waals surface area contributed by atoms with Gasteiger partial charge in [0.1, 0.15) is 6.07 Å². The Bertz CT molecular complexity index is 5060. The molecule has 0 atom stereocenters. The topological polar surface area (TPSA) is 85.2 Å². The van der Waals surface area contributed by atoms with Crippen molar-refractivity contribution in [3.05, 3.63) is 231 Å². The van der Waals surface area contributed by atoms with Gasteiger partial charge < -0.3 is 9.13 Å². The van der Waals surface area contributed by atoms with Crippen molar-refractivity contribution in [1.29, 1.82) is 5.26 Å². The van der Waals surface area contributed by atoms with Gasteiger partial charge in [-0.2, -0.15) is 5.26 Å². The van der Waals surface area contributed by atoms with Gasteiger partial charge in [0.25, 0.3) is 0 Å². The van der Waals surface area contributed by atoms with Crippen molar-refractivity contribution < 1.29 is 0 Å². The van der Waals surface area contributed by atoms with E-state index in [0.29, 0.717) is 5.56 Å². The summed E-state index contributed by atoms with van der Waals surface area (Å²) in [6, 6.07) is 68.3. The summed E-state index contributed by atoms with van der Waals surface area (Å²) in [5.74, 6) is 0. The van der Waals surface area contributed by atoms with Gasteiger partial charge >= 0.3 is 0 Å². The Morgan fingerprint density at radius 3 is 1.80 bits per heavy atom. The molecule has 8 heteroatoms. The Labute approximate surface area is 432 Å². The highest BCUT2D eigenvalue weighted by Gasteiger charge is 2.34. The van der Waals surface area contributed by atoms with Crippen molar-refractivity contribution in [2.24, 2.45) is 0 Å². The average Bonchev–Trinajstić information content (AvgIpc) is 4.26. The van der Waals surface area contributed by atoms with E-state index in [4.69, 9.17) is 9.97 Å². The summed E-state index contributed by atoms with van der Waals surface area (Å²) in [5, 5.41) is 26.7. The summed E-state index contributed by atoms with van der Waals surface area (Å²) in [6.45, 7) is 0. The standard InChI is InChI=1S/C67H37N7S/c68-35-53-62(51-17-9-16-49-48-26-30-71-38-60(48)75-67(49)51)61(43-23-22-41-31-39-11-1-2-12-40(39)32-44(41)33-43)66(73-56-18-6-3-13-46(56)47-14-4-7-19-57(47)73)63(52-34-42-24-28-69-36-54(42)55-37-70-29-25-45(52)55)65(53)74-58-20-8-5-15-50(58)64-59(74)21-10-27-72-64/h1-34,36-38H. The van der Waals surface area contributed by atoms with Crippen LogP contribution in [0.2, 0.25) is 0 Å². The van der Waals surface area contributed by atoms with Crippen LogP contribution in [0.1, 0.15) is 5.56 Å². The number of pyridine rings is 4. The summed E-state index contributed by atoms with van der Waals surface area (Å²) in [5.41, 5.74) is 12.6. The summed E-state index contributed by atoms with van der Waals surface area (Å²) in [7, 11) is 0. The molecule has 346 valence electrons. The lowest BCUT2D eigenvalue weighted by Crippen LogP contribution is -2.11. The molecule has 0 aliphatic rings. The van der Waals surface area contributed by atoms with Crippen molar-refractivity contribution in [3.63, 3.8) is 0 Å². The maximum Gasteiger partial charge on any atom is 0.102 e. The Morgan fingerprint density at radius 1 is 0.387 bits per heavy atom. The van der Waals surface area contributed by atoms with E-state index in [2.05, 4.69) is 201 Å². The molecule has 0 bridgehead atoms. The molecule has 0 saturated heterocycles. The molecule has 0 N–H and O–H groups in total. The van der Waals surface area contributed by atoms with E-state index in [1.165, 1.54) is 5.39 Å². The molecule has 7 heterocycles. The van der Waals surface area contributed by atoms with Crippen molar-refractivity contribution in [3.8, 4) is 50.8 Å². The molecule has 75 heavy (non-hydrogen) atoms. The third kappa shape index (κ3) is 5.95. The largest absolute Gasteiger partial charge is 0.308 e. The molecule has 7 aromatic heterocycles. The molecule has 0 fully saturated rings. The number of nitrogens with zero attached hydrogens (tertiary/aromatic N) is 7. The van der Waals surface area contributed by atoms with Crippen LogP contribution in [0.3, 0.4) is 0 Å². The normalized spacial score (nSPS) is 12.0. The highest BCUT2D eigenvalue weighted by Crippen LogP contribution is 2.55. The second-order valence-corrected chi connectivity index (χ2v) is 20.3. The minimum absolute atomic E-state index is 0.537. The predicted octanol–water partition coefficient (Wildman–Crippen LogP) is 17.3. The number of aromatic nitrogens is 6. The first kappa shape index (κ1) is 41.5. The van der Waals surface area contributed by atoms with Crippen LogP contribution in [0.4, 0.5) is 0 Å². The van der Waals surface area contributed by atoms with Crippen LogP contribution in [-0.4, -0.2) is 29.1 Å². The van der Waals surface area contributed by atoms with E-state index < -0.39 is 0 Å². The average molecular weight is 972 g/mol. The fraction of sp³-hybridized carbons (Fsp3) is 0. The Morgan fingerprint density at radius 2 is 1.01 bits per heavy atom. The van der Waals surface area contributed by atoms with Gasteiger partial charge in [-0.05, 0) is 116 Å². The lowest BCUT2D eigenvalue weighted by Gasteiger charge is -2.29. The second-order valence-electron chi connectivity index (χ2n) is 19.3. The number of benzene rings is 9.